The Hall–Kier alpha value is -2.78. The van der Waals surface area contributed by atoms with E-state index in [0.717, 1.165) is 5.52 Å². The minimum atomic E-state index is -0.0273. The van der Waals surface area contributed by atoms with Gasteiger partial charge < -0.3 is 0 Å². The number of benzene rings is 3. The number of hydrogen-bond donors (Lipinski definition) is 0. The molecule has 1 heterocycles. The SMILES string of the molecule is O=C(c1ccccc1)c1ccc2nc3c(Cl)cccc3nc2c1. The molecule has 1 aromatic heterocycles. The van der Waals surface area contributed by atoms with Crippen LogP contribution in [0.1, 0.15) is 15.9 Å². The summed E-state index contributed by atoms with van der Waals surface area (Å²) in [5.74, 6) is -0.0273. The van der Waals surface area contributed by atoms with Crippen LogP contribution in [0.5, 0.6) is 0 Å². The number of rotatable bonds is 2. The Kier molecular flexibility index (Phi) is 3.28. The maximum Gasteiger partial charge on any atom is 0.193 e. The number of aromatic nitrogens is 2. The lowest BCUT2D eigenvalue weighted by molar-refractivity contribution is 0.103. The van der Waals surface area contributed by atoms with Crippen molar-refractivity contribution in [1.29, 1.82) is 0 Å². The molecule has 3 aromatic carbocycles. The second kappa shape index (κ2) is 5.45. The summed E-state index contributed by atoms with van der Waals surface area (Å²) in [5.41, 5.74) is 4.04. The van der Waals surface area contributed by atoms with Gasteiger partial charge in [0.15, 0.2) is 5.78 Å². The van der Waals surface area contributed by atoms with Crippen molar-refractivity contribution >= 4 is 39.5 Å². The highest BCUT2D eigenvalue weighted by Crippen LogP contribution is 2.23. The number of nitrogens with zero attached hydrogens (tertiary/aromatic N) is 2. The summed E-state index contributed by atoms with van der Waals surface area (Å²) in [5, 5.41) is 0.571. The van der Waals surface area contributed by atoms with E-state index in [0.29, 0.717) is 32.7 Å². The van der Waals surface area contributed by atoms with Gasteiger partial charge in [-0.2, -0.15) is 0 Å². The van der Waals surface area contributed by atoms with E-state index in [2.05, 4.69) is 9.97 Å². The van der Waals surface area contributed by atoms with Crippen LogP contribution >= 0.6 is 11.6 Å². The van der Waals surface area contributed by atoms with Crippen molar-refractivity contribution in [1.82, 2.24) is 9.97 Å². The van der Waals surface area contributed by atoms with Crippen LogP contribution in [0.15, 0.2) is 66.7 Å². The number of ketones is 1. The Morgan fingerprint density at radius 1 is 0.739 bits per heavy atom. The molecule has 0 atom stereocenters. The Bertz CT molecular complexity index is 1050. The summed E-state index contributed by atoms with van der Waals surface area (Å²) in [7, 11) is 0. The predicted molar refractivity (Wildman–Crippen MR) is 91.9 cm³/mol. The molecule has 23 heavy (non-hydrogen) atoms. The van der Waals surface area contributed by atoms with Crippen molar-refractivity contribution in [2.75, 3.05) is 0 Å². The van der Waals surface area contributed by atoms with Gasteiger partial charge in [0.05, 0.1) is 21.6 Å². The number of carbonyl (C=O) groups excluding carboxylic acids is 1. The van der Waals surface area contributed by atoms with Gasteiger partial charge in [0.1, 0.15) is 5.52 Å². The molecule has 0 radical (unpaired) electrons. The summed E-state index contributed by atoms with van der Waals surface area (Å²) < 4.78 is 0. The molecule has 0 aliphatic heterocycles. The van der Waals surface area contributed by atoms with Gasteiger partial charge in [0, 0.05) is 11.1 Å². The molecule has 0 fully saturated rings. The average Bonchev–Trinajstić information content (AvgIpc) is 2.60. The van der Waals surface area contributed by atoms with E-state index >= 15 is 0 Å². The van der Waals surface area contributed by atoms with Crippen molar-refractivity contribution in [3.8, 4) is 0 Å². The van der Waals surface area contributed by atoms with Crippen LogP contribution in [0.25, 0.3) is 22.1 Å². The molecule has 0 unspecified atom stereocenters. The van der Waals surface area contributed by atoms with E-state index in [4.69, 9.17) is 11.6 Å². The second-order valence-corrected chi connectivity index (χ2v) is 5.64. The third-order valence-electron chi connectivity index (χ3n) is 3.71. The first-order chi connectivity index (χ1) is 11.2. The fourth-order valence-corrected chi connectivity index (χ4v) is 2.77. The van der Waals surface area contributed by atoms with E-state index in [-0.39, 0.29) is 5.78 Å². The quantitative estimate of drug-likeness (QED) is 0.398. The van der Waals surface area contributed by atoms with Crippen LogP contribution in [0.2, 0.25) is 5.02 Å². The molecule has 3 nitrogen and oxygen atoms in total. The zero-order valence-corrected chi connectivity index (χ0v) is 12.8. The van der Waals surface area contributed by atoms with Crippen LogP contribution in [0.3, 0.4) is 0 Å². The summed E-state index contributed by atoms with van der Waals surface area (Å²) in [4.78, 5) is 21.7. The fraction of sp³-hybridized carbons (Fsp3) is 0. The van der Waals surface area contributed by atoms with Crippen molar-refractivity contribution in [2.45, 2.75) is 0 Å². The fourth-order valence-electron chi connectivity index (χ4n) is 2.56. The van der Waals surface area contributed by atoms with Gasteiger partial charge in [-0.25, -0.2) is 9.97 Å². The van der Waals surface area contributed by atoms with Crippen LogP contribution < -0.4 is 0 Å². The number of hydrogen-bond acceptors (Lipinski definition) is 3. The molecule has 0 spiro atoms. The van der Waals surface area contributed by atoms with Gasteiger partial charge in [-0.1, -0.05) is 48.0 Å². The summed E-state index contributed by atoms with van der Waals surface area (Å²) >= 11 is 6.16. The number of halogens is 1. The first kappa shape index (κ1) is 13.9. The molecule has 4 heteroatoms. The van der Waals surface area contributed by atoms with Crippen LogP contribution in [0.4, 0.5) is 0 Å². The topological polar surface area (TPSA) is 42.9 Å². The highest BCUT2D eigenvalue weighted by atomic mass is 35.5. The zero-order valence-electron chi connectivity index (χ0n) is 12.0. The van der Waals surface area contributed by atoms with Crippen molar-refractivity contribution < 1.29 is 4.79 Å². The molecule has 4 rings (SSSR count). The molecule has 4 aromatic rings. The highest BCUT2D eigenvalue weighted by Gasteiger charge is 2.11. The number of fused-ring (bicyclic) bond motifs is 2. The zero-order chi connectivity index (χ0) is 15.8. The largest absolute Gasteiger partial charge is 0.289 e. The summed E-state index contributed by atoms with van der Waals surface area (Å²) in [6.07, 6.45) is 0. The number of para-hydroxylation sites is 1. The first-order valence-corrected chi connectivity index (χ1v) is 7.56. The molecule has 0 aliphatic rings. The van der Waals surface area contributed by atoms with Crippen molar-refractivity contribution in [3.05, 3.63) is 82.9 Å². The Morgan fingerprint density at radius 2 is 1.57 bits per heavy atom. The molecule has 0 bridgehead atoms. The summed E-state index contributed by atoms with van der Waals surface area (Å²) in [6, 6.07) is 20.0. The lowest BCUT2D eigenvalue weighted by atomic mass is 10.0. The van der Waals surface area contributed by atoms with Crippen LogP contribution in [-0.2, 0) is 0 Å². The Labute approximate surface area is 137 Å². The van der Waals surface area contributed by atoms with E-state index in [1.807, 2.05) is 30.3 Å². The maximum absolute atomic E-state index is 12.5. The van der Waals surface area contributed by atoms with Crippen molar-refractivity contribution in [3.63, 3.8) is 0 Å². The van der Waals surface area contributed by atoms with E-state index in [1.54, 1.807) is 36.4 Å². The predicted octanol–water partition coefficient (Wildman–Crippen LogP) is 4.67. The van der Waals surface area contributed by atoms with Gasteiger partial charge in [0.25, 0.3) is 0 Å². The molecule has 0 aliphatic carbocycles. The van der Waals surface area contributed by atoms with Gasteiger partial charge in [-0.3, -0.25) is 4.79 Å². The molecule has 0 amide bonds. The lowest BCUT2D eigenvalue weighted by Crippen LogP contribution is -2.01. The molecule has 0 saturated heterocycles. The first-order valence-electron chi connectivity index (χ1n) is 7.18. The highest BCUT2D eigenvalue weighted by molar-refractivity contribution is 6.35. The minimum Gasteiger partial charge on any atom is -0.289 e. The van der Waals surface area contributed by atoms with Gasteiger partial charge in [-0.15, -0.1) is 0 Å². The maximum atomic E-state index is 12.5. The van der Waals surface area contributed by atoms with Crippen LogP contribution in [-0.4, -0.2) is 15.8 Å². The molecular weight excluding hydrogens is 308 g/mol. The molecule has 110 valence electrons. The molecular formula is C19H11ClN2O. The standard InChI is InChI=1S/C19H11ClN2O/c20-14-7-4-8-16-18(14)22-15-10-9-13(11-17(15)21-16)19(23)12-5-2-1-3-6-12/h1-11H. The lowest BCUT2D eigenvalue weighted by Gasteiger charge is -2.05. The monoisotopic (exact) mass is 318 g/mol. The normalized spacial score (nSPS) is 11.0. The molecule has 0 saturated carbocycles. The minimum absolute atomic E-state index is 0.0273. The third kappa shape index (κ3) is 2.45. The van der Waals surface area contributed by atoms with E-state index in [1.165, 1.54) is 0 Å². The second-order valence-electron chi connectivity index (χ2n) is 5.23. The smallest absolute Gasteiger partial charge is 0.193 e. The van der Waals surface area contributed by atoms with E-state index in [9.17, 15) is 4.79 Å². The van der Waals surface area contributed by atoms with Crippen LogP contribution in [0, 0.1) is 0 Å². The Morgan fingerprint density at radius 3 is 2.39 bits per heavy atom. The summed E-state index contributed by atoms with van der Waals surface area (Å²) in [6.45, 7) is 0. The Balaban J connectivity index is 1.88. The van der Waals surface area contributed by atoms with Gasteiger partial charge >= 0.3 is 0 Å². The number of carbonyl (C=O) groups is 1. The molecule has 0 N–H and O–H groups in total. The van der Waals surface area contributed by atoms with Gasteiger partial charge in [0.2, 0.25) is 0 Å². The van der Waals surface area contributed by atoms with Crippen molar-refractivity contribution in [2.24, 2.45) is 0 Å². The van der Waals surface area contributed by atoms with Gasteiger partial charge in [-0.05, 0) is 30.3 Å². The van der Waals surface area contributed by atoms with E-state index < -0.39 is 0 Å². The third-order valence-corrected chi connectivity index (χ3v) is 4.02. The average molecular weight is 319 g/mol.